The Morgan fingerprint density at radius 3 is 2.58 bits per heavy atom. The van der Waals surface area contributed by atoms with Crippen LogP contribution >= 0.6 is 34.8 Å². The minimum absolute atomic E-state index is 0.00469. The largest absolute Gasteiger partial charge is 0.483 e. The molecule has 2 aromatic heterocycles. The van der Waals surface area contributed by atoms with Gasteiger partial charge in [0.1, 0.15) is 18.2 Å². The number of ether oxygens (including phenoxy) is 1. The van der Waals surface area contributed by atoms with Crippen LogP contribution in [0.25, 0.3) is 0 Å². The van der Waals surface area contributed by atoms with Gasteiger partial charge in [-0.25, -0.2) is 4.39 Å². The van der Waals surface area contributed by atoms with E-state index in [9.17, 15) is 9.18 Å². The molecule has 0 saturated heterocycles. The summed E-state index contributed by atoms with van der Waals surface area (Å²) in [5.74, 6) is 0.249. The molecular weight excluding hydrogens is 492 g/mol. The first-order valence-electron chi connectivity index (χ1n) is 9.75. The second kappa shape index (κ2) is 9.87. The van der Waals surface area contributed by atoms with Crippen molar-refractivity contribution < 1.29 is 18.3 Å². The fraction of sp³-hybridized carbons (Fsp3) is 0.130. The van der Waals surface area contributed by atoms with Crippen molar-refractivity contribution in [1.82, 2.24) is 9.78 Å². The van der Waals surface area contributed by atoms with Crippen LogP contribution in [-0.4, -0.2) is 15.7 Å². The molecule has 0 bridgehead atoms. The van der Waals surface area contributed by atoms with Gasteiger partial charge >= 0.3 is 0 Å². The summed E-state index contributed by atoms with van der Waals surface area (Å²) in [5.41, 5.74) is 1.26. The number of amides is 1. The van der Waals surface area contributed by atoms with Crippen LogP contribution < -0.4 is 10.1 Å². The van der Waals surface area contributed by atoms with Gasteiger partial charge in [-0.2, -0.15) is 5.10 Å². The highest BCUT2D eigenvalue weighted by Crippen LogP contribution is 2.36. The van der Waals surface area contributed by atoms with Crippen molar-refractivity contribution in [2.45, 2.75) is 20.1 Å². The molecule has 2 heterocycles. The molecule has 0 fully saturated rings. The van der Waals surface area contributed by atoms with E-state index in [1.165, 1.54) is 24.3 Å². The summed E-state index contributed by atoms with van der Waals surface area (Å²) in [5, 5.41) is 7.92. The molecule has 170 valence electrons. The van der Waals surface area contributed by atoms with Crippen LogP contribution in [0.15, 0.2) is 59.0 Å². The number of furan rings is 1. The molecule has 4 rings (SSSR count). The third-order valence-corrected chi connectivity index (χ3v) is 5.49. The van der Waals surface area contributed by atoms with E-state index in [1.54, 1.807) is 35.0 Å². The minimum atomic E-state index is -0.487. The van der Waals surface area contributed by atoms with Crippen LogP contribution in [0.3, 0.4) is 0 Å². The van der Waals surface area contributed by atoms with E-state index < -0.39 is 5.91 Å². The zero-order chi connectivity index (χ0) is 23.5. The third kappa shape index (κ3) is 5.50. The smallest absolute Gasteiger partial charge is 0.292 e. The van der Waals surface area contributed by atoms with Gasteiger partial charge in [-0.05, 0) is 37.3 Å². The van der Waals surface area contributed by atoms with Crippen LogP contribution in [0.4, 0.5) is 10.2 Å². The van der Waals surface area contributed by atoms with Gasteiger partial charge in [-0.1, -0.05) is 53.0 Å². The maximum absolute atomic E-state index is 13.9. The Bertz CT molecular complexity index is 1300. The third-order valence-electron chi connectivity index (χ3n) is 4.71. The van der Waals surface area contributed by atoms with Gasteiger partial charge in [0.05, 0.1) is 16.6 Å². The maximum Gasteiger partial charge on any atom is 0.292 e. The number of nitrogens with one attached hydrogen (secondary N) is 1. The molecule has 0 unspecified atom stereocenters. The summed E-state index contributed by atoms with van der Waals surface area (Å²) in [7, 11) is 0. The molecular formula is C23H17Cl3FN3O3. The van der Waals surface area contributed by atoms with E-state index in [0.29, 0.717) is 22.2 Å². The zero-order valence-corrected chi connectivity index (χ0v) is 19.5. The molecule has 1 N–H and O–H groups in total. The molecule has 0 aliphatic heterocycles. The number of aryl methyl sites for hydroxylation is 1. The Labute approximate surface area is 203 Å². The molecule has 4 aromatic rings. The summed E-state index contributed by atoms with van der Waals surface area (Å²) in [6, 6.07) is 14.3. The minimum Gasteiger partial charge on any atom is -0.483 e. The lowest BCUT2D eigenvalue weighted by Crippen LogP contribution is -2.12. The molecule has 0 aliphatic carbocycles. The van der Waals surface area contributed by atoms with Gasteiger partial charge in [0, 0.05) is 22.3 Å². The number of hydrogen-bond acceptors (Lipinski definition) is 4. The van der Waals surface area contributed by atoms with E-state index in [0.717, 1.165) is 5.69 Å². The molecule has 1 amide bonds. The van der Waals surface area contributed by atoms with E-state index in [-0.39, 0.29) is 40.5 Å². The summed E-state index contributed by atoms with van der Waals surface area (Å²) < 4.78 is 26.7. The van der Waals surface area contributed by atoms with Crippen LogP contribution in [-0.2, 0) is 13.2 Å². The van der Waals surface area contributed by atoms with Gasteiger partial charge in [0.2, 0.25) is 0 Å². The molecule has 10 heteroatoms. The van der Waals surface area contributed by atoms with Gasteiger partial charge < -0.3 is 14.5 Å². The Hall–Kier alpha value is -3.00. The predicted octanol–water partition coefficient (Wildman–Crippen LogP) is 6.76. The number of halogens is 4. The molecule has 6 nitrogen and oxygen atoms in total. The topological polar surface area (TPSA) is 69.3 Å². The van der Waals surface area contributed by atoms with Crippen LogP contribution in [0.1, 0.15) is 27.6 Å². The fourth-order valence-corrected chi connectivity index (χ4v) is 4.01. The van der Waals surface area contributed by atoms with E-state index in [1.807, 2.05) is 6.92 Å². The number of rotatable bonds is 7. The number of hydrogen-bond donors (Lipinski definition) is 1. The predicted molar refractivity (Wildman–Crippen MR) is 125 cm³/mol. The van der Waals surface area contributed by atoms with Gasteiger partial charge in [0.15, 0.2) is 17.3 Å². The van der Waals surface area contributed by atoms with Crippen molar-refractivity contribution >= 4 is 46.5 Å². The first-order chi connectivity index (χ1) is 15.8. The van der Waals surface area contributed by atoms with Crippen molar-refractivity contribution in [3.05, 3.63) is 98.3 Å². The summed E-state index contributed by atoms with van der Waals surface area (Å²) in [6.07, 6.45) is 0. The lowest BCUT2D eigenvalue weighted by molar-refractivity contribution is 0.0992. The highest BCUT2D eigenvalue weighted by Gasteiger charge is 2.16. The second-order valence-electron chi connectivity index (χ2n) is 7.13. The number of carbonyl (C=O) groups is 1. The summed E-state index contributed by atoms with van der Waals surface area (Å²) >= 11 is 18.1. The highest BCUT2D eigenvalue weighted by atomic mass is 35.5. The average molecular weight is 509 g/mol. The Balaban J connectivity index is 1.40. The van der Waals surface area contributed by atoms with Crippen LogP contribution in [0.2, 0.25) is 15.1 Å². The molecule has 2 aromatic carbocycles. The summed E-state index contributed by atoms with van der Waals surface area (Å²) in [6.45, 7) is 2.07. The number of benzene rings is 2. The average Bonchev–Trinajstić information content (AvgIpc) is 3.36. The van der Waals surface area contributed by atoms with Gasteiger partial charge in [0.25, 0.3) is 5.91 Å². The normalized spacial score (nSPS) is 10.9. The molecule has 0 spiro atoms. The Kier molecular flexibility index (Phi) is 6.93. The van der Waals surface area contributed by atoms with E-state index in [4.69, 9.17) is 44.0 Å². The highest BCUT2D eigenvalue weighted by molar-refractivity contribution is 6.40. The number of aromatic nitrogens is 2. The van der Waals surface area contributed by atoms with Crippen molar-refractivity contribution in [3.63, 3.8) is 0 Å². The van der Waals surface area contributed by atoms with Crippen LogP contribution in [0.5, 0.6) is 5.75 Å². The van der Waals surface area contributed by atoms with Crippen LogP contribution in [0, 0.1) is 12.7 Å². The number of carbonyl (C=O) groups excluding carboxylic acids is 1. The first kappa shape index (κ1) is 23.2. The summed E-state index contributed by atoms with van der Waals surface area (Å²) in [4.78, 5) is 12.6. The maximum atomic E-state index is 13.9. The first-order valence-corrected chi connectivity index (χ1v) is 10.9. The number of anilines is 1. The monoisotopic (exact) mass is 507 g/mol. The van der Waals surface area contributed by atoms with Gasteiger partial charge in [-0.3, -0.25) is 9.48 Å². The molecule has 0 saturated carbocycles. The second-order valence-corrected chi connectivity index (χ2v) is 8.38. The lowest BCUT2D eigenvalue weighted by atomic mass is 10.2. The van der Waals surface area contributed by atoms with E-state index in [2.05, 4.69) is 10.4 Å². The van der Waals surface area contributed by atoms with Gasteiger partial charge in [-0.15, -0.1) is 0 Å². The van der Waals surface area contributed by atoms with E-state index >= 15 is 0 Å². The zero-order valence-electron chi connectivity index (χ0n) is 17.2. The fourth-order valence-electron chi connectivity index (χ4n) is 3.08. The van der Waals surface area contributed by atoms with Crippen molar-refractivity contribution in [1.29, 1.82) is 0 Å². The lowest BCUT2D eigenvalue weighted by Gasteiger charge is -2.09. The van der Waals surface area contributed by atoms with Crippen molar-refractivity contribution in [2.24, 2.45) is 0 Å². The van der Waals surface area contributed by atoms with Crippen molar-refractivity contribution in [3.8, 4) is 5.75 Å². The SMILES string of the molecule is Cc1cc(NC(=O)c2ccc(COc3c(Cl)cc(Cl)cc3Cl)o2)nn1Cc1ccccc1F. The molecule has 0 radical (unpaired) electrons. The quantitative estimate of drug-likeness (QED) is 0.299. The molecule has 33 heavy (non-hydrogen) atoms. The Morgan fingerprint density at radius 1 is 1.12 bits per heavy atom. The molecule has 0 atom stereocenters. The standard InChI is InChI=1S/C23H17Cl3FN3O3/c1-13-8-21(29-30(13)11-14-4-2-3-5-19(14)27)28-23(31)20-7-6-16(33-20)12-32-22-17(25)9-15(24)10-18(22)26/h2-10H,11-12H2,1H3,(H,28,29,31). The number of nitrogens with zero attached hydrogens (tertiary/aromatic N) is 2. The van der Waals surface area contributed by atoms with Crippen molar-refractivity contribution in [2.75, 3.05) is 5.32 Å². The molecule has 0 aliphatic rings. The Morgan fingerprint density at radius 2 is 1.85 bits per heavy atom.